The topological polar surface area (TPSA) is 68.8 Å². The Hall–Kier alpha value is -1.95. The van der Waals surface area contributed by atoms with Gasteiger partial charge < -0.3 is 24.8 Å². The normalized spacial score (nSPS) is 17.2. The first kappa shape index (κ1) is 15.4. The van der Waals surface area contributed by atoms with Crippen molar-refractivity contribution in [3.05, 3.63) is 23.8 Å². The van der Waals surface area contributed by atoms with E-state index < -0.39 is 6.09 Å². The molecule has 1 aliphatic heterocycles. The van der Waals surface area contributed by atoms with E-state index in [1.165, 1.54) is 0 Å². The van der Waals surface area contributed by atoms with Crippen LogP contribution in [-0.4, -0.2) is 38.5 Å². The molecule has 0 bridgehead atoms. The lowest BCUT2D eigenvalue weighted by Crippen LogP contribution is -2.22. The first-order chi connectivity index (χ1) is 10.2. The third-order valence-corrected chi connectivity index (χ3v) is 3.06. The highest BCUT2D eigenvalue weighted by atomic mass is 16.6. The average molecular weight is 294 g/mol. The van der Waals surface area contributed by atoms with Crippen LogP contribution in [0.2, 0.25) is 0 Å². The Morgan fingerprint density at radius 1 is 1.33 bits per heavy atom. The molecule has 116 valence electrons. The Morgan fingerprint density at radius 3 is 2.86 bits per heavy atom. The summed E-state index contributed by atoms with van der Waals surface area (Å²) in [6, 6.07) is 5.86. The van der Waals surface area contributed by atoms with Gasteiger partial charge in [0.25, 0.3) is 0 Å². The van der Waals surface area contributed by atoms with Gasteiger partial charge in [0.2, 0.25) is 0 Å². The SMILES string of the molecule is CCNCc1ccc(OCC2CNC(=O)O2)c(OCC)c1. The molecule has 0 aliphatic carbocycles. The van der Waals surface area contributed by atoms with Crippen LogP contribution in [-0.2, 0) is 11.3 Å². The molecule has 2 N–H and O–H groups in total. The summed E-state index contributed by atoms with van der Waals surface area (Å²) in [4.78, 5) is 11.0. The van der Waals surface area contributed by atoms with Crippen molar-refractivity contribution in [2.45, 2.75) is 26.5 Å². The van der Waals surface area contributed by atoms with E-state index in [0.717, 1.165) is 18.7 Å². The highest BCUT2D eigenvalue weighted by Crippen LogP contribution is 2.29. The predicted octanol–water partition coefficient (Wildman–Crippen LogP) is 1.68. The molecule has 1 aromatic rings. The summed E-state index contributed by atoms with van der Waals surface area (Å²) in [6.45, 7) is 7.07. The van der Waals surface area contributed by atoms with E-state index in [4.69, 9.17) is 14.2 Å². The van der Waals surface area contributed by atoms with Crippen LogP contribution in [0.15, 0.2) is 18.2 Å². The first-order valence-corrected chi connectivity index (χ1v) is 7.26. The zero-order valence-corrected chi connectivity index (χ0v) is 12.5. The summed E-state index contributed by atoms with van der Waals surface area (Å²) in [6.07, 6.45) is -0.650. The number of ether oxygens (including phenoxy) is 3. The van der Waals surface area contributed by atoms with Gasteiger partial charge in [0.1, 0.15) is 6.61 Å². The fourth-order valence-electron chi connectivity index (χ4n) is 2.03. The van der Waals surface area contributed by atoms with Crippen molar-refractivity contribution in [1.29, 1.82) is 0 Å². The number of benzene rings is 1. The summed E-state index contributed by atoms with van der Waals surface area (Å²) in [5.74, 6) is 1.38. The fraction of sp³-hybridized carbons (Fsp3) is 0.533. The Morgan fingerprint density at radius 2 is 2.19 bits per heavy atom. The van der Waals surface area contributed by atoms with Gasteiger partial charge in [-0.25, -0.2) is 4.79 Å². The molecule has 1 fully saturated rings. The predicted molar refractivity (Wildman–Crippen MR) is 78.8 cm³/mol. The maximum absolute atomic E-state index is 11.0. The average Bonchev–Trinajstić information content (AvgIpc) is 2.90. The highest BCUT2D eigenvalue weighted by molar-refractivity contribution is 5.69. The zero-order chi connectivity index (χ0) is 15.1. The summed E-state index contributed by atoms with van der Waals surface area (Å²) in [7, 11) is 0. The highest BCUT2D eigenvalue weighted by Gasteiger charge is 2.23. The molecule has 1 aliphatic rings. The molecule has 1 saturated heterocycles. The van der Waals surface area contributed by atoms with Gasteiger partial charge in [-0.15, -0.1) is 0 Å². The third-order valence-electron chi connectivity index (χ3n) is 3.06. The molecular weight excluding hydrogens is 272 g/mol. The van der Waals surface area contributed by atoms with Gasteiger partial charge in [0, 0.05) is 6.54 Å². The van der Waals surface area contributed by atoms with Crippen molar-refractivity contribution in [1.82, 2.24) is 10.6 Å². The smallest absolute Gasteiger partial charge is 0.407 e. The quantitative estimate of drug-likeness (QED) is 0.763. The summed E-state index contributed by atoms with van der Waals surface area (Å²) in [5.41, 5.74) is 1.14. The van der Waals surface area contributed by atoms with Crippen LogP contribution in [0, 0.1) is 0 Å². The second-order valence-corrected chi connectivity index (χ2v) is 4.71. The van der Waals surface area contributed by atoms with Crippen LogP contribution in [0.4, 0.5) is 4.79 Å². The Bertz CT molecular complexity index is 479. The summed E-state index contributed by atoms with van der Waals surface area (Å²) < 4.78 is 16.4. The summed E-state index contributed by atoms with van der Waals surface area (Å²) in [5, 5.41) is 5.87. The number of carbonyl (C=O) groups is 1. The maximum atomic E-state index is 11.0. The molecule has 1 unspecified atom stereocenters. The van der Waals surface area contributed by atoms with Crippen molar-refractivity contribution in [2.75, 3.05) is 26.3 Å². The van der Waals surface area contributed by atoms with E-state index in [9.17, 15) is 4.79 Å². The van der Waals surface area contributed by atoms with Crippen LogP contribution >= 0.6 is 0 Å². The number of hydrogen-bond donors (Lipinski definition) is 2. The first-order valence-electron chi connectivity index (χ1n) is 7.26. The molecular formula is C15H22N2O4. The van der Waals surface area contributed by atoms with E-state index in [1.807, 2.05) is 25.1 Å². The standard InChI is InChI=1S/C15H22N2O4/c1-3-16-8-11-5-6-13(14(7-11)19-4-2)20-10-12-9-17-15(18)21-12/h5-7,12,16H,3-4,8-10H2,1-2H3,(H,17,18). The second kappa shape index (κ2) is 7.73. The molecule has 1 aromatic carbocycles. The van der Waals surface area contributed by atoms with E-state index in [-0.39, 0.29) is 6.10 Å². The van der Waals surface area contributed by atoms with Gasteiger partial charge in [-0.1, -0.05) is 13.0 Å². The lowest BCUT2D eigenvalue weighted by Gasteiger charge is -2.15. The maximum Gasteiger partial charge on any atom is 0.407 e. The number of rotatable bonds is 8. The Kier molecular flexibility index (Phi) is 5.68. The van der Waals surface area contributed by atoms with Gasteiger partial charge in [0.15, 0.2) is 17.6 Å². The Balaban J connectivity index is 1.98. The largest absolute Gasteiger partial charge is 0.490 e. The minimum absolute atomic E-state index is 0.256. The van der Waals surface area contributed by atoms with Crippen molar-refractivity contribution in [3.63, 3.8) is 0 Å². The molecule has 6 heteroatoms. The second-order valence-electron chi connectivity index (χ2n) is 4.71. The molecule has 0 aromatic heterocycles. The monoisotopic (exact) mass is 294 g/mol. The molecule has 0 radical (unpaired) electrons. The van der Waals surface area contributed by atoms with Gasteiger partial charge in [-0.3, -0.25) is 0 Å². The lowest BCUT2D eigenvalue weighted by molar-refractivity contribution is 0.103. The third kappa shape index (κ3) is 4.53. The molecule has 1 heterocycles. The molecule has 1 amide bonds. The number of hydrogen-bond acceptors (Lipinski definition) is 5. The van der Waals surface area contributed by atoms with Crippen molar-refractivity contribution in [3.8, 4) is 11.5 Å². The van der Waals surface area contributed by atoms with Gasteiger partial charge in [-0.2, -0.15) is 0 Å². The molecule has 0 saturated carbocycles. The van der Waals surface area contributed by atoms with E-state index >= 15 is 0 Å². The Labute approximate surface area is 124 Å². The van der Waals surface area contributed by atoms with E-state index in [1.54, 1.807) is 0 Å². The molecule has 1 atom stereocenters. The number of nitrogens with one attached hydrogen (secondary N) is 2. The molecule has 2 rings (SSSR count). The number of alkyl carbamates (subject to hydrolysis) is 1. The van der Waals surface area contributed by atoms with Crippen LogP contribution in [0.25, 0.3) is 0 Å². The molecule has 6 nitrogen and oxygen atoms in total. The van der Waals surface area contributed by atoms with Gasteiger partial charge in [0.05, 0.1) is 13.2 Å². The summed E-state index contributed by atoms with van der Waals surface area (Å²) >= 11 is 0. The van der Waals surface area contributed by atoms with E-state index in [0.29, 0.717) is 31.3 Å². The van der Waals surface area contributed by atoms with E-state index in [2.05, 4.69) is 17.6 Å². The van der Waals surface area contributed by atoms with Crippen molar-refractivity contribution in [2.24, 2.45) is 0 Å². The number of carbonyl (C=O) groups excluding carboxylic acids is 1. The minimum Gasteiger partial charge on any atom is -0.490 e. The van der Waals surface area contributed by atoms with Gasteiger partial charge in [-0.05, 0) is 31.2 Å². The number of cyclic esters (lactones) is 1. The van der Waals surface area contributed by atoms with Crippen LogP contribution in [0.1, 0.15) is 19.4 Å². The fourth-order valence-corrected chi connectivity index (χ4v) is 2.03. The molecule has 0 spiro atoms. The van der Waals surface area contributed by atoms with Crippen LogP contribution < -0.4 is 20.1 Å². The van der Waals surface area contributed by atoms with Gasteiger partial charge >= 0.3 is 6.09 Å². The zero-order valence-electron chi connectivity index (χ0n) is 12.5. The van der Waals surface area contributed by atoms with Crippen LogP contribution in [0.5, 0.6) is 11.5 Å². The lowest BCUT2D eigenvalue weighted by atomic mass is 10.2. The number of amides is 1. The van der Waals surface area contributed by atoms with Crippen molar-refractivity contribution >= 4 is 6.09 Å². The minimum atomic E-state index is -0.394. The van der Waals surface area contributed by atoms with Crippen LogP contribution in [0.3, 0.4) is 0 Å². The molecule has 21 heavy (non-hydrogen) atoms. The van der Waals surface area contributed by atoms with Crippen molar-refractivity contribution < 1.29 is 19.0 Å².